The number of quaternary nitrogens is 1. The highest BCUT2D eigenvalue weighted by molar-refractivity contribution is 5.85. The number of ether oxygens (including phenoxy) is 1. The van der Waals surface area contributed by atoms with Crippen LogP contribution in [0.4, 0.5) is 0 Å². The monoisotopic (exact) mass is 357 g/mol. The van der Waals surface area contributed by atoms with E-state index >= 15 is 0 Å². The van der Waals surface area contributed by atoms with Crippen molar-refractivity contribution >= 4 is 10.8 Å². The number of rotatable bonds is 5. The molecular formula is C24H25N2O+. The molecular weight excluding hydrogens is 332 g/mol. The van der Waals surface area contributed by atoms with E-state index in [0.29, 0.717) is 0 Å². The van der Waals surface area contributed by atoms with Crippen molar-refractivity contribution in [3.05, 3.63) is 83.9 Å². The summed E-state index contributed by atoms with van der Waals surface area (Å²) >= 11 is 0. The van der Waals surface area contributed by atoms with E-state index in [1.165, 1.54) is 21.9 Å². The third-order valence-corrected chi connectivity index (χ3v) is 5.81. The van der Waals surface area contributed by atoms with Gasteiger partial charge in [0.1, 0.15) is 25.7 Å². The molecule has 1 saturated heterocycles. The van der Waals surface area contributed by atoms with Crippen LogP contribution in [0, 0.1) is 11.3 Å². The maximum absolute atomic E-state index is 10.1. The van der Waals surface area contributed by atoms with E-state index in [-0.39, 0.29) is 6.04 Å². The van der Waals surface area contributed by atoms with Crippen LogP contribution in [0.2, 0.25) is 0 Å². The van der Waals surface area contributed by atoms with Crippen LogP contribution in [0.3, 0.4) is 0 Å². The number of hydrogen-bond donors (Lipinski definition) is 0. The number of benzene rings is 3. The van der Waals surface area contributed by atoms with E-state index < -0.39 is 0 Å². The molecule has 3 nitrogen and oxygen atoms in total. The fourth-order valence-electron chi connectivity index (χ4n) is 4.26. The Morgan fingerprint density at radius 1 is 0.889 bits per heavy atom. The van der Waals surface area contributed by atoms with Gasteiger partial charge in [-0.15, -0.1) is 0 Å². The molecule has 27 heavy (non-hydrogen) atoms. The Bertz CT molecular complexity index is 934. The van der Waals surface area contributed by atoms with Gasteiger partial charge in [0.15, 0.2) is 6.04 Å². The van der Waals surface area contributed by atoms with Crippen molar-refractivity contribution in [3.8, 4) is 6.07 Å². The zero-order chi connectivity index (χ0) is 18.5. The molecule has 0 saturated carbocycles. The molecule has 0 radical (unpaired) electrons. The lowest BCUT2D eigenvalue weighted by molar-refractivity contribution is -0.962. The maximum atomic E-state index is 10.1. The third kappa shape index (κ3) is 3.73. The van der Waals surface area contributed by atoms with E-state index in [1.54, 1.807) is 0 Å². The second kappa shape index (κ2) is 7.92. The summed E-state index contributed by atoms with van der Waals surface area (Å²) in [4.78, 5) is 0. The molecule has 0 spiro atoms. The Hall–Kier alpha value is -2.67. The zero-order valence-electron chi connectivity index (χ0n) is 15.6. The summed E-state index contributed by atoms with van der Waals surface area (Å²) in [5.74, 6) is 0. The Morgan fingerprint density at radius 2 is 1.59 bits per heavy atom. The maximum Gasteiger partial charge on any atom is 0.180 e. The minimum Gasteiger partial charge on any atom is -0.370 e. The van der Waals surface area contributed by atoms with E-state index in [9.17, 15) is 5.26 Å². The van der Waals surface area contributed by atoms with Crippen LogP contribution < -0.4 is 0 Å². The third-order valence-electron chi connectivity index (χ3n) is 5.81. The van der Waals surface area contributed by atoms with Crippen LogP contribution >= 0.6 is 0 Å². The van der Waals surface area contributed by atoms with Gasteiger partial charge < -0.3 is 9.22 Å². The van der Waals surface area contributed by atoms with Gasteiger partial charge >= 0.3 is 0 Å². The number of fused-ring (bicyclic) bond motifs is 1. The molecule has 0 N–H and O–H groups in total. The molecule has 0 aromatic heterocycles. The van der Waals surface area contributed by atoms with E-state index in [0.717, 1.165) is 43.8 Å². The highest BCUT2D eigenvalue weighted by Gasteiger charge is 2.39. The van der Waals surface area contributed by atoms with Crippen molar-refractivity contribution in [2.75, 3.05) is 26.3 Å². The van der Waals surface area contributed by atoms with Crippen molar-refractivity contribution in [2.45, 2.75) is 19.0 Å². The lowest BCUT2D eigenvalue weighted by Gasteiger charge is -2.44. The number of nitrogens with zero attached hydrogens (tertiary/aromatic N) is 2. The van der Waals surface area contributed by atoms with E-state index in [4.69, 9.17) is 4.74 Å². The molecule has 1 fully saturated rings. The van der Waals surface area contributed by atoms with Gasteiger partial charge in [-0.05, 0) is 16.3 Å². The molecule has 136 valence electrons. The number of nitriles is 1. The first-order valence-electron chi connectivity index (χ1n) is 9.64. The van der Waals surface area contributed by atoms with Gasteiger partial charge in [-0.3, -0.25) is 0 Å². The van der Waals surface area contributed by atoms with Crippen LogP contribution in [-0.2, 0) is 17.7 Å². The van der Waals surface area contributed by atoms with Crippen LogP contribution in [0.1, 0.15) is 11.1 Å². The summed E-state index contributed by atoms with van der Waals surface area (Å²) in [7, 11) is 0. The fourth-order valence-corrected chi connectivity index (χ4v) is 4.26. The minimum absolute atomic E-state index is 0.0738. The molecule has 3 aromatic rings. The van der Waals surface area contributed by atoms with Crippen LogP contribution in [-0.4, -0.2) is 36.8 Å². The fraction of sp³-hybridized carbons (Fsp3) is 0.292. The molecule has 3 aromatic carbocycles. The normalized spacial score (nSPS) is 17.3. The number of hydrogen-bond acceptors (Lipinski definition) is 2. The van der Waals surface area contributed by atoms with Gasteiger partial charge in [-0.1, -0.05) is 72.8 Å². The summed E-state index contributed by atoms with van der Waals surface area (Å²) < 4.78 is 6.45. The van der Waals surface area contributed by atoms with Crippen molar-refractivity contribution in [2.24, 2.45) is 0 Å². The topological polar surface area (TPSA) is 33.0 Å². The summed E-state index contributed by atoms with van der Waals surface area (Å²) in [5.41, 5.74) is 2.55. The van der Waals surface area contributed by atoms with Crippen LogP contribution in [0.25, 0.3) is 10.8 Å². The summed E-state index contributed by atoms with van der Waals surface area (Å²) in [5, 5.41) is 12.6. The average Bonchev–Trinajstić information content (AvgIpc) is 2.74. The van der Waals surface area contributed by atoms with Crippen molar-refractivity contribution in [1.82, 2.24) is 0 Å². The second-order valence-electron chi connectivity index (χ2n) is 7.41. The van der Waals surface area contributed by atoms with Gasteiger partial charge in [-0.2, -0.15) is 5.26 Å². The lowest BCUT2D eigenvalue weighted by Crippen LogP contribution is -2.60. The average molecular weight is 357 g/mol. The second-order valence-corrected chi connectivity index (χ2v) is 7.41. The van der Waals surface area contributed by atoms with Crippen molar-refractivity contribution in [1.29, 1.82) is 5.26 Å². The quantitative estimate of drug-likeness (QED) is 0.637. The molecule has 3 heteroatoms. The van der Waals surface area contributed by atoms with Gasteiger partial charge in [0, 0.05) is 12.0 Å². The molecule has 0 bridgehead atoms. The van der Waals surface area contributed by atoms with Gasteiger partial charge in [0.2, 0.25) is 0 Å². The van der Waals surface area contributed by atoms with Crippen molar-refractivity contribution < 1.29 is 9.22 Å². The smallest absolute Gasteiger partial charge is 0.180 e. The summed E-state index contributed by atoms with van der Waals surface area (Å²) in [6.45, 7) is 4.08. The molecule has 4 rings (SSSR count). The van der Waals surface area contributed by atoms with Crippen LogP contribution in [0.5, 0.6) is 0 Å². The lowest BCUT2D eigenvalue weighted by atomic mass is 9.98. The van der Waals surface area contributed by atoms with Crippen LogP contribution in [0.15, 0.2) is 72.8 Å². The predicted octanol–water partition coefficient (Wildman–Crippen LogP) is 4.32. The Balaban J connectivity index is 1.70. The molecule has 1 unspecified atom stereocenters. The zero-order valence-corrected chi connectivity index (χ0v) is 15.6. The molecule has 0 aliphatic carbocycles. The Kier molecular flexibility index (Phi) is 5.20. The molecule has 1 heterocycles. The molecule has 1 aliphatic heterocycles. The van der Waals surface area contributed by atoms with Gasteiger partial charge in [0.05, 0.1) is 13.2 Å². The highest BCUT2D eigenvalue weighted by Crippen LogP contribution is 2.28. The van der Waals surface area contributed by atoms with E-state index in [2.05, 4.69) is 72.8 Å². The van der Waals surface area contributed by atoms with Crippen molar-refractivity contribution in [3.63, 3.8) is 0 Å². The standard InChI is InChI=1S/C24H25N2O/c25-18-23(17-20-7-2-1-3-8-20)26(13-15-27-16-14-26)19-22-11-6-10-21-9-4-5-12-24(21)22/h1-12,23H,13-17,19H2/q+1. The number of morpholine rings is 1. The Labute approximate surface area is 161 Å². The summed E-state index contributed by atoms with van der Waals surface area (Å²) in [6.07, 6.45) is 0.780. The molecule has 1 atom stereocenters. The highest BCUT2D eigenvalue weighted by atomic mass is 16.5. The molecule has 0 amide bonds. The van der Waals surface area contributed by atoms with Gasteiger partial charge in [-0.25, -0.2) is 0 Å². The SMILES string of the molecule is N#CC(Cc1ccccc1)[N+]1(Cc2cccc3ccccc23)CCOCC1. The first-order valence-corrected chi connectivity index (χ1v) is 9.64. The first kappa shape index (κ1) is 17.7. The molecule has 1 aliphatic rings. The first-order chi connectivity index (χ1) is 13.3. The minimum atomic E-state index is -0.0738. The largest absolute Gasteiger partial charge is 0.370 e. The van der Waals surface area contributed by atoms with E-state index in [1.807, 2.05) is 6.07 Å². The predicted molar refractivity (Wildman–Crippen MR) is 108 cm³/mol. The summed E-state index contributed by atoms with van der Waals surface area (Å²) in [6, 6.07) is 28.0. The van der Waals surface area contributed by atoms with Gasteiger partial charge in [0.25, 0.3) is 0 Å². The Morgan fingerprint density at radius 3 is 2.37 bits per heavy atom.